The van der Waals surface area contributed by atoms with Crippen molar-refractivity contribution in [2.45, 2.75) is 44.7 Å². The zero-order valence-electron chi connectivity index (χ0n) is 9.48. The summed E-state index contributed by atoms with van der Waals surface area (Å²) in [5.74, 6) is 0. The van der Waals surface area contributed by atoms with Crippen LogP contribution in [0.5, 0.6) is 0 Å². The fraction of sp³-hybridized carbons (Fsp3) is 0.667. The quantitative estimate of drug-likeness (QED) is 0.819. The highest BCUT2D eigenvalue weighted by atomic mass is 32.2. The number of rotatable bonds is 2. The maximum Gasteiger partial charge on any atom is 0.255 e. The Balaban J connectivity index is 3.37. The topological polar surface area (TPSA) is 78.0 Å². The van der Waals surface area contributed by atoms with Gasteiger partial charge in [0, 0.05) is 18.0 Å². The summed E-state index contributed by atoms with van der Waals surface area (Å²) in [6, 6.07) is 1.54. The van der Waals surface area contributed by atoms with Gasteiger partial charge in [0.25, 0.3) is 10.0 Å². The van der Waals surface area contributed by atoms with Crippen LogP contribution in [0.2, 0.25) is 0 Å². The number of primary sulfonamides is 1. The van der Waals surface area contributed by atoms with Crippen LogP contribution in [0.4, 0.5) is 0 Å². The Hall–Kier alpha value is -0.880. The van der Waals surface area contributed by atoms with Gasteiger partial charge in [-0.15, -0.1) is 0 Å². The van der Waals surface area contributed by atoms with Gasteiger partial charge in [0.05, 0.1) is 5.69 Å². The zero-order valence-corrected chi connectivity index (χ0v) is 10.3. The highest BCUT2D eigenvalue weighted by Crippen LogP contribution is 2.23. The molecule has 2 N–H and O–H groups in total. The smallest absolute Gasteiger partial charge is 0.253 e. The van der Waals surface area contributed by atoms with Crippen molar-refractivity contribution >= 4 is 10.0 Å². The van der Waals surface area contributed by atoms with Gasteiger partial charge in [-0.3, -0.25) is 4.68 Å². The number of hydrogen-bond donors (Lipinski definition) is 1. The van der Waals surface area contributed by atoms with Crippen LogP contribution in [0.15, 0.2) is 11.1 Å². The third-order valence-corrected chi connectivity index (χ3v) is 3.01. The van der Waals surface area contributed by atoms with Gasteiger partial charge in [-0.25, -0.2) is 13.6 Å². The molecule has 0 spiro atoms. The average molecular weight is 231 g/mol. The minimum absolute atomic E-state index is 0.0786. The summed E-state index contributed by atoms with van der Waals surface area (Å²) < 4.78 is 24.0. The highest BCUT2D eigenvalue weighted by molar-refractivity contribution is 7.89. The van der Waals surface area contributed by atoms with Crippen LogP contribution < -0.4 is 5.14 Å². The summed E-state index contributed by atoms with van der Waals surface area (Å²) >= 11 is 0. The van der Waals surface area contributed by atoms with Crippen molar-refractivity contribution in [2.24, 2.45) is 5.14 Å². The van der Waals surface area contributed by atoms with Gasteiger partial charge in [0.2, 0.25) is 0 Å². The van der Waals surface area contributed by atoms with E-state index in [1.807, 2.05) is 27.7 Å². The van der Waals surface area contributed by atoms with Gasteiger partial charge in [-0.2, -0.15) is 5.10 Å². The van der Waals surface area contributed by atoms with Gasteiger partial charge in [-0.1, -0.05) is 20.8 Å². The number of nitrogens with two attached hydrogens (primary N) is 1. The molecule has 6 heteroatoms. The molecule has 0 saturated carbocycles. The average Bonchev–Trinajstić information content (AvgIpc) is 2.44. The monoisotopic (exact) mass is 231 g/mol. The van der Waals surface area contributed by atoms with Crippen LogP contribution in [-0.2, 0) is 22.0 Å². The van der Waals surface area contributed by atoms with Crippen molar-refractivity contribution in [1.82, 2.24) is 9.78 Å². The fourth-order valence-electron chi connectivity index (χ4n) is 1.22. The first kappa shape index (κ1) is 12.2. The van der Waals surface area contributed by atoms with E-state index in [1.54, 1.807) is 6.07 Å². The molecule has 0 amide bonds. The molecule has 0 fully saturated rings. The first-order valence-electron chi connectivity index (χ1n) is 4.77. The van der Waals surface area contributed by atoms with E-state index in [1.165, 1.54) is 4.68 Å². The lowest BCUT2D eigenvalue weighted by Gasteiger charge is -2.13. The lowest BCUT2D eigenvalue weighted by atomic mass is 9.93. The Bertz CT molecular complexity index is 454. The molecule has 15 heavy (non-hydrogen) atoms. The van der Waals surface area contributed by atoms with Crippen molar-refractivity contribution in [1.29, 1.82) is 0 Å². The Morgan fingerprint density at radius 3 is 2.27 bits per heavy atom. The van der Waals surface area contributed by atoms with Crippen molar-refractivity contribution in [3.63, 3.8) is 0 Å². The number of hydrogen-bond acceptors (Lipinski definition) is 3. The Morgan fingerprint density at radius 1 is 1.47 bits per heavy atom. The van der Waals surface area contributed by atoms with E-state index in [2.05, 4.69) is 5.10 Å². The van der Waals surface area contributed by atoms with Crippen LogP contribution in [0.3, 0.4) is 0 Å². The van der Waals surface area contributed by atoms with Crippen LogP contribution in [0.1, 0.15) is 33.4 Å². The Labute approximate surface area is 90.3 Å². The Kier molecular flexibility index (Phi) is 2.93. The van der Waals surface area contributed by atoms with Crippen molar-refractivity contribution in [2.75, 3.05) is 0 Å². The summed E-state index contributed by atoms with van der Waals surface area (Å²) in [5.41, 5.74) is 0.549. The van der Waals surface area contributed by atoms with Gasteiger partial charge >= 0.3 is 0 Å². The first-order chi connectivity index (χ1) is 6.66. The van der Waals surface area contributed by atoms with Crippen LogP contribution in [-0.4, -0.2) is 18.2 Å². The molecule has 1 heterocycles. The summed E-state index contributed by atoms with van der Waals surface area (Å²) in [7, 11) is -3.68. The van der Waals surface area contributed by atoms with Crippen LogP contribution in [0, 0.1) is 0 Å². The molecule has 86 valence electrons. The second-order valence-corrected chi connectivity index (χ2v) is 5.99. The van der Waals surface area contributed by atoms with Crippen molar-refractivity contribution in [3.8, 4) is 0 Å². The minimum Gasteiger partial charge on any atom is -0.253 e. The van der Waals surface area contributed by atoms with Crippen molar-refractivity contribution < 1.29 is 8.42 Å². The van der Waals surface area contributed by atoms with Gasteiger partial charge in [0.1, 0.15) is 0 Å². The van der Waals surface area contributed by atoms with Gasteiger partial charge < -0.3 is 0 Å². The van der Waals surface area contributed by atoms with Gasteiger partial charge in [0.15, 0.2) is 5.03 Å². The molecule has 1 aromatic rings. The molecular weight excluding hydrogens is 214 g/mol. The van der Waals surface area contributed by atoms with E-state index in [9.17, 15) is 8.42 Å². The van der Waals surface area contributed by atoms with E-state index in [0.717, 1.165) is 5.69 Å². The van der Waals surface area contributed by atoms with Crippen LogP contribution >= 0.6 is 0 Å². The standard InChI is InChI=1S/C9H17N3O2S/c1-5-12-8(15(10,13)14)6-7(11-12)9(2,3)4/h6H,5H2,1-4H3,(H2,10,13,14). The summed E-state index contributed by atoms with van der Waals surface area (Å²) in [4.78, 5) is 0. The van der Waals surface area contributed by atoms with Crippen molar-refractivity contribution in [3.05, 3.63) is 11.8 Å². The van der Waals surface area contributed by atoms with E-state index in [-0.39, 0.29) is 10.4 Å². The van der Waals surface area contributed by atoms with E-state index >= 15 is 0 Å². The largest absolute Gasteiger partial charge is 0.255 e. The second-order valence-electron chi connectivity index (χ2n) is 4.48. The second kappa shape index (κ2) is 3.61. The molecule has 0 aliphatic rings. The summed E-state index contributed by atoms with van der Waals surface area (Å²) in [6.07, 6.45) is 0. The maximum atomic E-state index is 11.3. The first-order valence-corrected chi connectivity index (χ1v) is 6.32. The SMILES string of the molecule is CCn1nc(C(C)(C)C)cc1S(N)(=O)=O. The number of nitrogens with zero attached hydrogens (tertiary/aromatic N) is 2. The zero-order chi connectivity index (χ0) is 11.9. The summed E-state index contributed by atoms with van der Waals surface area (Å²) in [5, 5.41) is 9.40. The molecule has 1 rings (SSSR count). The summed E-state index contributed by atoms with van der Waals surface area (Å²) in [6.45, 7) is 8.24. The Morgan fingerprint density at radius 2 is 2.00 bits per heavy atom. The molecule has 0 bridgehead atoms. The maximum absolute atomic E-state index is 11.3. The third-order valence-electron chi connectivity index (χ3n) is 2.10. The fourth-order valence-corrected chi connectivity index (χ4v) is 1.96. The molecule has 0 aromatic carbocycles. The van der Waals surface area contributed by atoms with E-state index in [4.69, 9.17) is 5.14 Å². The predicted octanol–water partition coefficient (Wildman–Crippen LogP) is 0.848. The lowest BCUT2D eigenvalue weighted by molar-refractivity contribution is 0.522. The molecule has 0 atom stereocenters. The minimum atomic E-state index is -3.68. The number of aromatic nitrogens is 2. The molecule has 0 saturated heterocycles. The van der Waals surface area contributed by atoms with Crippen LogP contribution in [0.25, 0.3) is 0 Å². The molecule has 0 radical (unpaired) electrons. The van der Waals surface area contributed by atoms with E-state index < -0.39 is 10.0 Å². The molecule has 5 nitrogen and oxygen atoms in total. The lowest BCUT2D eigenvalue weighted by Crippen LogP contribution is -2.17. The highest BCUT2D eigenvalue weighted by Gasteiger charge is 2.23. The normalized spacial score (nSPS) is 13.1. The third kappa shape index (κ3) is 2.57. The molecular formula is C9H17N3O2S. The number of sulfonamides is 1. The van der Waals surface area contributed by atoms with E-state index in [0.29, 0.717) is 6.54 Å². The molecule has 1 aromatic heterocycles. The predicted molar refractivity (Wildman–Crippen MR) is 58.0 cm³/mol. The molecule has 0 aliphatic carbocycles. The number of aryl methyl sites for hydroxylation is 1. The van der Waals surface area contributed by atoms with Gasteiger partial charge in [-0.05, 0) is 6.92 Å². The molecule has 0 aliphatic heterocycles. The molecule has 0 unspecified atom stereocenters.